The summed E-state index contributed by atoms with van der Waals surface area (Å²) in [5.74, 6) is 0. The minimum absolute atomic E-state index is 0.0147. The Labute approximate surface area is 183 Å². The van der Waals surface area contributed by atoms with Crippen molar-refractivity contribution in [2.24, 2.45) is 10.3 Å². The quantitative estimate of drug-likeness (QED) is 0.302. The molecule has 0 unspecified atom stereocenters. The highest BCUT2D eigenvalue weighted by atomic mass is 32.2. The molecule has 0 N–H and O–H groups in total. The maximum Gasteiger partial charge on any atom is 0.192 e. The van der Waals surface area contributed by atoms with Gasteiger partial charge in [-0.05, 0) is 17.5 Å². The second kappa shape index (κ2) is 11.6. The molecule has 0 aromatic heterocycles. The number of oxime groups is 2. The first-order valence-electron chi connectivity index (χ1n) is 9.52. The minimum Gasteiger partial charge on any atom is -0.390 e. The molecule has 0 aliphatic rings. The lowest BCUT2D eigenvalue weighted by Gasteiger charge is -2.07. The first kappa shape index (κ1) is 24.5. The van der Waals surface area contributed by atoms with Crippen molar-refractivity contribution in [3.8, 4) is 0 Å². The number of benzene rings is 2. The van der Waals surface area contributed by atoms with Crippen LogP contribution in [-0.4, -0.2) is 39.4 Å². The molecule has 168 valence electrons. The fourth-order valence-corrected chi connectivity index (χ4v) is 3.90. The van der Waals surface area contributed by atoms with Gasteiger partial charge >= 0.3 is 0 Å². The Morgan fingerprint density at radius 1 is 0.677 bits per heavy atom. The first-order valence-corrected chi connectivity index (χ1v) is 13.3. The largest absolute Gasteiger partial charge is 0.390 e. The standard InChI is InChI=1S/C21H26N2O6S2/c1-30(24,25)20(22-28-16-18-10-5-3-6-11-18)14-9-15-21(31(2,26)27)23-29-17-19-12-7-4-8-13-19/h3-8,10-13H,9,14-17H2,1-2H3/b22-20+,23-21+. The van der Waals surface area contributed by atoms with Crippen molar-refractivity contribution in [1.29, 1.82) is 0 Å². The molecule has 0 aliphatic carbocycles. The Kier molecular flexibility index (Phi) is 9.20. The van der Waals surface area contributed by atoms with Gasteiger partial charge in [0.05, 0.1) is 0 Å². The summed E-state index contributed by atoms with van der Waals surface area (Å²) in [6.07, 6.45) is 2.29. The molecule has 2 rings (SSSR count). The molecule has 0 fully saturated rings. The number of nitrogens with zero attached hydrogens (tertiary/aromatic N) is 2. The van der Waals surface area contributed by atoms with Gasteiger partial charge in [0.25, 0.3) is 0 Å². The van der Waals surface area contributed by atoms with Crippen LogP contribution < -0.4 is 0 Å². The van der Waals surface area contributed by atoms with E-state index in [9.17, 15) is 16.8 Å². The average Bonchev–Trinajstić information content (AvgIpc) is 2.71. The second-order valence-electron chi connectivity index (χ2n) is 6.89. The van der Waals surface area contributed by atoms with Crippen molar-refractivity contribution < 1.29 is 26.5 Å². The van der Waals surface area contributed by atoms with E-state index in [0.717, 1.165) is 23.6 Å². The Bertz CT molecular complexity index is 1010. The summed E-state index contributed by atoms with van der Waals surface area (Å²) >= 11 is 0. The minimum atomic E-state index is -3.60. The van der Waals surface area contributed by atoms with Crippen LogP contribution in [0.1, 0.15) is 30.4 Å². The van der Waals surface area contributed by atoms with E-state index in [0.29, 0.717) is 0 Å². The van der Waals surface area contributed by atoms with Gasteiger partial charge in [-0.2, -0.15) is 0 Å². The molecule has 8 nitrogen and oxygen atoms in total. The van der Waals surface area contributed by atoms with Gasteiger partial charge in [0.1, 0.15) is 13.2 Å². The van der Waals surface area contributed by atoms with Crippen LogP contribution in [0.5, 0.6) is 0 Å². The number of hydrogen-bond acceptors (Lipinski definition) is 8. The van der Waals surface area contributed by atoms with Crippen LogP contribution in [0.25, 0.3) is 0 Å². The zero-order chi connectivity index (χ0) is 22.7. The lowest BCUT2D eigenvalue weighted by atomic mass is 10.2. The smallest absolute Gasteiger partial charge is 0.192 e. The third-order valence-electron chi connectivity index (χ3n) is 4.12. The third kappa shape index (κ3) is 9.31. The van der Waals surface area contributed by atoms with Crippen molar-refractivity contribution in [2.75, 3.05) is 12.5 Å². The fraction of sp³-hybridized carbons (Fsp3) is 0.333. The highest BCUT2D eigenvalue weighted by Gasteiger charge is 2.19. The van der Waals surface area contributed by atoms with E-state index >= 15 is 0 Å². The monoisotopic (exact) mass is 466 g/mol. The normalized spacial score (nSPS) is 13.1. The predicted octanol–water partition coefficient (Wildman–Crippen LogP) is 3.31. The molecular formula is C21H26N2O6S2. The van der Waals surface area contributed by atoms with E-state index in [4.69, 9.17) is 9.68 Å². The lowest BCUT2D eigenvalue weighted by Crippen LogP contribution is -2.17. The number of sulfone groups is 2. The van der Waals surface area contributed by atoms with Gasteiger partial charge in [0.15, 0.2) is 29.8 Å². The van der Waals surface area contributed by atoms with Crippen LogP contribution in [-0.2, 0) is 42.6 Å². The summed E-state index contributed by atoms with van der Waals surface area (Å²) < 4.78 is 48.0. The Hall–Kier alpha value is -2.72. The van der Waals surface area contributed by atoms with Gasteiger partial charge in [0.2, 0.25) is 0 Å². The van der Waals surface area contributed by atoms with Crippen molar-refractivity contribution in [1.82, 2.24) is 0 Å². The van der Waals surface area contributed by atoms with Gasteiger partial charge in [-0.1, -0.05) is 71.0 Å². The van der Waals surface area contributed by atoms with Crippen LogP contribution in [0.2, 0.25) is 0 Å². The lowest BCUT2D eigenvalue weighted by molar-refractivity contribution is 0.130. The van der Waals surface area contributed by atoms with Gasteiger partial charge in [-0.3, -0.25) is 0 Å². The van der Waals surface area contributed by atoms with Crippen molar-refractivity contribution in [2.45, 2.75) is 32.5 Å². The first-order chi connectivity index (χ1) is 14.7. The zero-order valence-corrected chi connectivity index (χ0v) is 19.1. The van der Waals surface area contributed by atoms with Crippen molar-refractivity contribution >= 4 is 29.8 Å². The summed E-state index contributed by atoms with van der Waals surface area (Å²) in [5, 5.41) is 7.22. The topological polar surface area (TPSA) is 111 Å². The molecule has 31 heavy (non-hydrogen) atoms. The Balaban J connectivity index is 1.96. The van der Waals surface area contributed by atoms with Gasteiger partial charge < -0.3 is 9.68 Å². The van der Waals surface area contributed by atoms with Crippen LogP contribution in [0.3, 0.4) is 0 Å². The van der Waals surface area contributed by atoms with Crippen molar-refractivity contribution in [3.05, 3.63) is 71.8 Å². The molecule has 0 amide bonds. The summed E-state index contributed by atoms with van der Waals surface area (Å²) in [6, 6.07) is 18.4. The van der Waals surface area contributed by atoms with Gasteiger partial charge in [-0.15, -0.1) is 0 Å². The summed E-state index contributed by atoms with van der Waals surface area (Å²) in [6.45, 7) is 0.256. The van der Waals surface area contributed by atoms with E-state index in [-0.39, 0.29) is 42.6 Å². The van der Waals surface area contributed by atoms with Crippen LogP contribution in [0, 0.1) is 0 Å². The van der Waals surface area contributed by atoms with E-state index in [1.165, 1.54) is 0 Å². The molecule has 0 atom stereocenters. The maximum atomic E-state index is 12.0. The Morgan fingerprint density at radius 2 is 1.03 bits per heavy atom. The maximum absolute atomic E-state index is 12.0. The van der Waals surface area contributed by atoms with E-state index in [1.807, 2.05) is 60.7 Å². The van der Waals surface area contributed by atoms with E-state index in [2.05, 4.69) is 10.3 Å². The van der Waals surface area contributed by atoms with E-state index < -0.39 is 19.7 Å². The highest BCUT2D eigenvalue weighted by molar-refractivity contribution is 8.06. The molecule has 2 aromatic rings. The highest BCUT2D eigenvalue weighted by Crippen LogP contribution is 2.10. The molecule has 0 heterocycles. The average molecular weight is 467 g/mol. The summed E-state index contributed by atoms with van der Waals surface area (Å²) in [5.41, 5.74) is 1.70. The summed E-state index contributed by atoms with van der Waals surface area (Å²) in [4.78, 5) is 10.4. The molecule has 10 heteroatoms. The summed E-state index contributed by atoms with van der Waals surface area (Å²) in [7, 11) is -7.20. The van der Waals surface area contributed by atoms with E-state index in [1.54, 1.807) is 0 Å². The molecule has 0 bridgehead atoms. The SMILES string of the molecule is CS(=O)(=O)/C(CCC/C(=N\OCc1ccccc1)S(C)(=O)=O)=N/OCc1ccccc1. The molecule has 0 saturated heterocycles. The molecule has 0 radical (unpaired) electrons. The molecular weight excluding hydrogens is 440 g/mol. The number of hydrogen-bond donors (Lipinski definition) is 0. The van der Waals surface area contributed by atoms with Crippen LogP contribution >= 0.6 is 0 Å². The third-order valence-corrected chi connectivity index (χ3v) is 6.39. The van der Waals surface area contributed by atoms with Crippen molar-refractivity contribution in [3.63, 3.8) is 0 Å². The molecule has 0 saturated carbocycles. The second-order valence-corrected chi connectivity index (χ2v) is 10.9. The fourth-order valence-electron chi connectivity index (χ4n) is 2.49. The molecule has 2 aromatic carbocycles. The van der Waals surface area contributed by atoms with Crippen LogP contribution in [0.4, 0.5) is 0 Å². The van der Waals surface area contributed by atoms with Gasteiger partial charge in [0, 0.05) is 25.4 Å². The predicted molar refractivity (Wildman–Crippen MR) is 121 cm³/mol. The Morgan fingerprint density at radius 3 is 1.35 bits per heavy atom. The molecule has 0 aliphatic heterocycles. The van der Waals surface area contributed by atoms with Gasteiger partial charge in [-0.25, -0.2) is 16.8 Å². The van der Waals surface area contributed by atoms with Crippen LogP contribution in [0.15, 0.2) is 71.0 Å². The zero-order valence-electron chi connectivity index (χ0n) is 17.5. The molecule has 0 spiro atoms. The number of rotatable bonds is 10.